The summed E-state index contributed by atoms with van der Waals surface area (Å²) in [4.78, 5) is 11.0. The van der Waals surface area contributed by atoms with Crippen molar-refractivity contribution in [3.8, 4) is 0 Å². The van der Waals surface area contributed by atoms with Crippen molar-refractivity contribution in [2.24, 2.45) is 0 Å². The molecular formula is C9H16ClNO. The van der Waals surface area contributed by atoms with E-state index < -0.39 is 0 Å². The lowest BCUT2D eigenvalue weighted by atomic mass is 9.81. The van der Waals surface area contributed by atoms with Gasteiger partial charge in [0, 0.05) is 12.0 Å². The van der Waals surface area contributed by atoms with Crippen molar-refractivity contribution in [2.75, 3.05) is 0 Å². The van der Waals surface area contributed by atoms with E-state index in [1.807, 2.05) is 0 Å². The number of hydrogen-bond acceptors (Lipinski definition) is 1. The molecule has 3 heteroatoms. The monoisotopic (exact) mass is 189 g/mol. The van der Waals surface area contributed by atoms with E-state index in [0.717, 1.165) is 12.8 Å². The summed E-state index contributed by atoms with van der Waals surface area (Å²) < 4.78 is 0. The summed E-state index contributed by atoms with van der Waals surface area (Å²) in [7, 11) is 0. The molecule has 2 aliphatic rings. The molecule has 0 aromatic carbocycles. The lowest BCUT2D eigenvalue weighted by Gasteiger charge is -2.32. The quantitative estimate of drug-likeness (QED) is 0.621. The molecule has 0 radical (unpaired) electrons. The van der Waals surface area contributed by atoms with Crippen molar-refractivity contribution in [1.29, 1.82) is 0 Å². The van der Waals surface area contributed by atoms with Gasteiger partial charge < -0.3 is 5.32 Å². The third kappa shape index (κ3) is 1.74. The predicted octanol–water partition coefficient (Wildman–Crippen LogP) is 2.02. The molecule has 2 nitrogen and oxygen atoms in total. The van der Waals surface area contributed by atoms with Gasteiger partial charge in [0.1, 0.15) is 0 Å². The van der Waals surface area contributed by atoms with Gasteiger partial charge >= 0.3 is 0 Å². The second-order valence-electron chi connectivity index (χ2n) is 3.89. The standard InChI is InChI=1S/C9H15NO.ClH/c11-8-4-7-9(10-8)5-2-1-3-6-9;/h1-7H2,(H,10,11);1H. The van der Waals surface area contributed by atoms with E-state index in [2.05, 4.69) is 5.32 Å². The van der Waals surface area contributed by atoms with Gasteiger partial charge in [-0.25, -0.2) is 0 Å². The Morgan fingerprint density at radius 1 is 1.08 bits per heavy atom. The van der Waals surface area contributed by atoms with Gasteiger partial charge in [-0.3, -0.25) is 4.79 Å². The van der Waals surface area contributed by atoms with Crippen molar-refractivity contribution in [3.05, 3.63) is 0 Å². The fourth-order valence-electron chi connectivity index (χ4n) is 2.38. The Morgan fingerprint density at radius 2 is 1.75 bits per heavy atom. The van der Waals surface area contributed by atoms with Gasteiger partial charge in [0.25, 0.3) is 0 Å². The molecule has 1 aliphatic heterocycles. The first kappa shape index (κ1) is 9.85. The van der Waals surface area contributed by atoms with Crippen LogP contribution in [0, 0.1) is 0 Å². The Bertz CT molecular complexity index is 175. The van der Waals surface area contributed by atoms with Crippen molar-refractivity contribution in [1.82, 2.24) is 5.32 Å². The minimum Gasteiger partial charge on any atom is -0.351 e. The van der Waals surface area contributed by atoms with Gasteiger partial charge in [-0.05, 0) is 19.3 Å². The minimum absolute atomic E-state index is 0. The average molecular weight is 190 g/mol. The fourth-order valence-corrected chi connectivity index (χ4v) is 2.38. The smallest absolute Gasteiger partial charge is 0.220 e. The van der Waals surface area contributed by atoms with Crippen molar-refractivity contribution in [2.45, 2.75) is 50.5 Å². The number of halogens is 1. The number of amides is 1. The fraction of sp³-hybridized carbons (Fsp3) is 0.889. The molecule has 2 rings (SSSR count). The maximum absolute atomic E-state index is 11.0. The molecule has 1 heterocycles. The van der Waals surface area contributed by atoms with Crippen LogP contribution < -0.4 is 5.32 Å². The first-order valence-electron chi connectivity index (χ1n) is 4.62. The predicted molar refractivity (Wildman–Crippen MR) is 50.4 cm³/mol. The van der Waals surface area contributed by atoms with Gasteiger partial charge in [0.2, 0.25) is 5.91 Å². The van der Waals surface area contributed by atoms with Gasteiger partial charge in [-0.1, -0.05) is 19.3 Å². The minimum atomic E-state index is 0. The van der Waals surface area contributed by atoms with Crippen LogP contribution in [0.2, 0.25) is 0 Å². The van der Waals surface area contributed by atoms with Crippen LogP contribution in [-0.4, -0.2) is 11.4 Å². The number of rotatable bonds is 0. The normalized spacial score (nSPS) is 26.5. The number of carbonyl (C=O) groups excluding carboxylic acids is 1. The van der Waals surface area contributed by atoms with Crippen LogP contribution in [-0.2, 0) is 4.79 Å². The van der Waals surface area contributed by atoms with Gasteiger partial charge in [-0.2, -0.15) is 0 Å². The summed E-state index contributed by atoms with van der Waals surface area (Å²) in [5, 5.41) is 3.13. The maximum atomic E-state index is 11.0. The van der Waals surface area contributed by atoms with E-state index >= 15 is 0 Å². The molecule has 1 amide bonds. The van der Waals surface area contributed by atoms with Gasteiger partial charge in [-0.15, -0.1) is 12.4 Å². The van der Waals surface area contributed by atoms with E-state index in [1.165, 1.54) is 32.1 Å². The molecule has 0 atom stereocenters. The van der Waals surface area contributed by atoms with Crippen LogP contribution in [0.5, 0.6) is 0 Å². The highest BCUT2D eigenvalue weighted by atomic mass is 35.5. The number of nitrogens with one attached hydrogen (secondary N) is 1. The summed E-state index contributed by atoms with van der Waals surface area (Å²) in [6.45, 7) is 0. The zero-order valence-corrected chi connectivity index (χ0v) is 8.08. The van der Waals surface area contributed by atoms with E-state index in [4.69, 9.17) is 0 Å². The van der Waals surface area contributed by atoms with Crippen LogP contribution in [0.1, 0.15) is 44.9 Å². The van der Waals surface area contributed by atoms with E-state index in [9.17, 15) is 4.79 Å². The molecule has 1 aliphatic carbocycles. The molecule has 1 saturated heterocycles. The lowest BCUT2D eigenvalue weighted by molar-refractivity contribution is -0.119. The van der Waals surface area contributed by atoms with Crippen molar-refractivity contribution >= 4 is 18.3 Å². The van der Waals surface area contributed by atoms with E-state index in [-0.39, 0.29) is 23.9 Å². The second-order valence-corrected chi connectivity index (χ2v) is 3.89. The summed E-state index contributed by atoms with van der Waals surface area (Å²) in [6.07, 6.45) is 8.27. The van der Waals surface area contributed by atoms with Crippen LogP contribution >= 0.6 is 12.4 Å². The third-order valence-electron chi connectivity index (χ3n) is 3.05. The summed E-state index contributed by atoms with van der Waals surface area (Å²) >= 11 is 0. The van der Waals surface area contributed by atoms with Gasteiger partial charge in [0.05, 0.1) is 0 Å². The first-order valence-corrected chi connectivity index (χ1v) is 4.62. The Kier molecular flexibility index (Phi) is 2.99. The molecule has 0 unspecified atom stereocenters. The third-order valence-corrected chi connectivity index (χ3v) is 3.05. The molecule has 70 valence electrons. The van der Waals surface area contributed by atoms with Gasteiger partial charge in [0.15, 0.2) is 0 Å². The van der Waals surface area contributed by atoms with Crippen molar-refractivity contribution in [3.63, 3.8) is 0 Å². The molecule has 2 fully saturated rings. The molecular weight excluding hydrogens is 174 g/mol. The molecule has 0 aromatic rings. The average Bonchev–Trinajstić information content (AvgIpc) is 2.34. The first-order chi connectivity index (χ1) is 5.31. The molecule has 1 spiro atoms. The Balaban J connectivity index is 0.000000720. The van der Waals surface area contributed by atoms with Crippen LogP contribution in [0.15, 0.2) is 0 Å². The SMILES string of the molecule is Cl.O=C1CCC2(CCCCC2)N1. The zero-order chi connectivity index (χ0) is 7.73. The number of hydrogen-bond donors (Lipinski definition) is 1. The maximum Gasteiger partial charge on any atom is 0.220 e. The topological polar surface area (TPSA) is 29.1 Å². The van der Waals surface area contributed by atoms with Crippen LogP contribution in [0.3, 0.4) is 0 Å². The zero-order valence-electron chi connectivity index (χ0n) is 7.27. The Morgan fingerprint density at radius 3 is 2.25 bits per heavy atom. The molecule has 0 aromatic heterocycles. The summed E-state index contributed by atoms with van der Waals surface area (Å²) in [5.41, 5.74) is 0.245. The van der Waals surface area contributed by atoms with E-state index in [1.54, 1.807) is 0 Å². The Hall–Kier alpha value is -0.240. The lowest BCUT2D eigenvalue weighted by Crippen LogP contribution is -2.42. The second kappa shape index (κ2) is 3.65. The molecule has 1 N–H and O–H groups in total. The Labute approximate surface area is 79.5 Å². The molecule has 12 heavy (non-hydrogen) atoms. The van der Waals surface area contributed by atoms with Crippen LogP contribution in [0.25, 0.3) is 0 Å². The van der Waals surface area contributed by atoms with Crippen LogP contribution in [0.4, 0.5) is 0 Å². The molecule has 1 saturated carbocycles. The highest BCUT2D eigenvalue weighted by molar-refractivity contribution is 5.85. The highest BCUT2D eigenvalue weighted by Crippen LogP contribution is 2.35. The highest BCUT2D eigenvalue weighted by Gasteiger charge is 2.37. The molecule has 0 bridgehead atoms. The number of carbonyl (C=O) groups is 1. The van der Waals surface area contributed by atoms with E-state index in [0.29, 0.717) is 0 Å². The largest absolute Gasteiger partial charge is 0.351 e. The van der Waals surface area contributed by atoms with Crippen molar-refractivity contribution < 1.29 is 4.79 Å². The summed E-state index contributed by atoms with van der Waals surface area (Å²) in [5.74, 6) is 0.270. The summed E-state index contributed by atoms with van der Waals surface area (Å²) in [6, 6.07) is 0.